The van der Waals surface area contributed by atoms with Crippen LogP contribution in [0.2, 0.25) is 0 Å². The molecular formula is C12H9N5OS. The molecule has 0 atom stereocenters. The van der Waals surface area contributed by atoms with E-state index in [1.165, 1.54) is 6.92 Å². The lowest BCUT2D eigenvalue weighted by Gasteiger charge is -1.93. The molecule has 0 aliphatic carbocycles. The van der Waals surface area contributed by atoms with Crippen molar-refractivity contribution in [1.29, 1.82) is 5.26 Å². The molecule has 2 aromatic rings. The summed E-state index contributed by atoms with van der Waals surface area (Å²) in [5.74, 6) is -0.223. The van der Waals surface area contributed by atoms with Crippen molar-refractivity contribution in [2.45, 2.75) is 6.92 Å². The number of pyridine rings is 1. The molecule has 1 amide bonds. The van der Waals surface area contributed by atoms with Crippen molar-refractivity contribution in [3.05, 3.63) is 35.1 Å². The van der Waals surface area contributed by atoms with Crippen LogP contribution in [0.5, 0.6) is 0 Å². The molecule has 0 unspecified atom stereocenters. The number of nitrogens with zero attached hydrogens (tertiary/aromatic N) is 4. The number of carbonyl (C=O) groups excluding carboxylic acids is 1. The Morgan fingerprint density at radius 2 is 2.16 bits per heavy atom. The summed E-state index contributed by atoms with van der Waals surface area (Å²) < 4.78 is 0. The molecule has 0 fully saturated rings. The van der Waals surface area contributed by atoms with Gasteiger partial charge in [0, 0.05) is 19.3 Å². The average molecular weight is 271 g/mol. The number of nitriles is 1. The molecule has 19 heavy (non-hydrogen) atoms. The molecule has 0 radical (unpaired) electrons. The molecule has 6 nitrogen and oxygen atoms in total. The molecule has 0 saturated carbocycles. The summed E-state index contributed by atoms with van der Waals surface area (Å²) in [5.41, 5.74) is 1.24. The van der Waals surface area contributed by atoms with Crippen molar-refractivity contribution in [2.75, 3.05) is 5.32 Å². The highest BCUT2D eigenvalue weighted by atomic mass is 32.1. The molecule has 2 aromatic heterocycles. The highest BCUT2D eigenvalue weighted by Crippen LogP contribution is 2.23. The van der Waals surface area contributed by atoms with Gasteiger partial charge in [-0.15, -0.1) is 10.2 Å². The van der Waals surface area contributed by atoms with Crippen LogP contribution in [0.1, 0.15) is 17.5 Å². The molecule has 2 heterocycles. The van der Waals surface area contributed by atoms with Crippen LogP contribution in [0.15, 0.2) is 24.5 Å². The smallest absolute Gasteiger partial charge is 0.223 e. The van der Waals surface area contributed by atoms with E-state index in [-0.39, 0.29) is 5.91 Å². The maximum atomic E-state index is 10.9. The standard InChI is InChI=1S/C12H9N5OS/c1-8(18)15-12-17-16-11(19-12)10(7-13)6-9-2-4-14-5-3-9/h2-6H,1H3,(H,15,17,18)/b10-6-. The molecule has 0 aromatic carbocycles. The van der Waals surface area contributed by atoms with E-state index in [1.807, 2.05) is 0 Å². The third kappa shape index (κ3) is 3.43. The largest absolute Gasteiger partial charge is 0.301 e. The molecule has 0 aliphatic rings. The van der Waals surface area contributed by atoms with Crippen molar-refractivity contribution < 1.29 is 4.79 Å². The Morgan fingerprint density at radius 3 is 2.79 bits per heavy atom. The first-order valence-corrected chi connectivity index (χ1v) is 6.14. The summed E-state index contributed by atoms with van der Waals surface area (Å²) in [4.78, 5) is 14.8. The topological polar surface area (TPSA) is 91.6 Å². The van der Waals surface area contributed by atoms with E-state index < -0.39 is 0 Å². The molecule has 0 aliphatic heterocycles. The first-order valence-electron chi connectivity index (χ1n) is 5.32. The van der Waals surface area contributed by atoms with Gasteiger partial charge in [-0.1, -0.05) is 11.3 Å². The molecule has 7 heteroatoms. The van der Waals surface area contributed by atoms with Crippen LogP contribution in [-0.2, 0) is 4.79 Å². The summed E-state index contributed by atoms with van der Waals surface area (Å²) in [5, 5.41) is 20.2. The number of nitrogens with one attached hydrogen (secondary N) is 1. The lowest BCUT2D eigenvalue weighted by atomic mass is 10.2. The summed E-state index contributed by atoms with van der Waals surface area (Å²) >= 11 is 1.15. The van der Waals surface area contributed by atoms with Gasteiger partial charge < -0.3 is 5.32 Å². The van der Waals surface area contributed by atoms with Crippen molar-refractivity contribution in [3.63, 3.8) is 0 Å². The number of anilines is 1. The fraction of sp³-hybridized carbons (Fsp3) is 0.0833. The minimum Gasteiger partial charge on any atom is -0.301 e. The van der Waals surface area contributed by atoms with Crippen LogP contribution >= 0.6 is 11.3 Å². The first kappa shape index (κ1) is 12.9. The fourth-order valence-corrected chi connectivity index (χ4v) is 2.06. The van der Waals surface area contributed by atoms with E-state index in [2.05, 4.69) is 26.6 Å². The van der Waals surface area contributed by atoms with Gasteiger partial charge in [-0.3, -0.25) is 9.78 Å². The van der Waals surface area contributed by atoms with Gasteiger partial charge in [0.25, 0.3) is 0 Å². The number of hydrogen-bond acceptors (Lipinski definition) is 6. The second-order valence-corrected chi connectivity index (χ2v) is 4.52. The second-order valence-electron chi connectivity index (χ2n) is 3.54. The van der Waals surface area contributed by atoms with Crippen LogP contribution in [-0.4, -0.2) is 21.1 Å². The van der Waals surface area contributed by atoms with Crippen LogP contribution in [0.4, 0.5) is 5.13 Å². The number of allylic oxidation sites excluding steroid dienone is 1. The number of rotatable bonds is 3. The number of amides is 1. The third-order valence-corrected chi connectivity index (χ3v) is 2.95. The number of carbonyl (C=O) groups is 1. The predicted octanol–water partition coefficient (Wildman–Crippen LogP) is 1.96. The van der Waals surface area contributed by atoms with Crippen molar-refractivity contribution in [3.8, 4) is 6.07 Å². The highest BCUT2D eigenvalue weighted by molar-refractivity contribution is 7.16. The quantitative estimate of drug-likeness (QED) is 0.861. The van der Waals surface area contributed by atoms with Crippen molar-refractivity contribution >= 4 is 34.0 Å². The Hall–Kier alpha value is -2.59. The van der Waals surface area contributed by atoms with Crippen LogP contribution in [0.3, 0.4) is 0 Å². The lowest BCUT2D eigenvalue weighted by molar-refractivity contribution is -0.114. The summed E-state index contributed by atoms with van der Waals surface area (Å²) in [6, 6.07) is 5.64. The van der Waals surface area contributed by atoms with Crippen LogP contribution < -0.4 is 5.32 Å². The van der Waals surface area contributed by atoms with Gasteiger partial charge in [-0.2, -0.15) is 5.26 Å². The monoisotopic (exact) mass is 271 g/mol. The van der Waals surface area contributed by atoms with Crippen LogP contribution in [0.25, 0.3) is 11.6 Å². The zero-order valence-corrected chi connectivity index (χ0v) is 10.8. The molecule has 0 saturated heterocycles. The molecule has 0 bridgehead atoms. The van der Waals surface area contributed by atoms with E-state index in [0.717, 1.165) is 16.9 Å². The molecule has 0 spiro atoms. The minimum atomic E-state index is -0.223. The molecular weight excluding hydrogens is 262 g/mol. The highest BCUT2D eigenvalue weighted by Gasteiger charge is 2.09. The Kier molecular flexibility index (Phi) is 3.95. The third-order valence-electron chi connectivity index (χ3n) is 2.08. The van der Waals surface area contributed by atoms with E-state index >= 15 is 0 Å². The van der Waals surface area contributed by atoms with Gasteiger partial charge in [0.2, 0.25) is 11.0 Å². The number of aromatic nitrogens is 3. The minimum absolute atomic E-state index is 0.223. The van der Waals surface area contributed by atoms with Crippen LogP contribution in [0, 0.1) is 11.3 Å². The normalized spacial score (nSPS) is 10.8. The van der Waals surface area contributed by atoms with Gasteiger partial charge in [-0.05, 0) is 23.8 Å². The van der Waals surface area contributed by atoms with Gasteiger partial charge in [0.1, 0.15) is 6.07 Å². The summed E-state index contributed by atoms with van der Waals surface area (Å²) in [7, 11) is 0. The second kappa shape index (κ2) is 5.84. The number of hydrogen-bond donors (Lipinski definition) is 1. The Balaban J connectivity index is 2.28. The maximum Gasteiger partial charge on any atom is 0.223 e. The van der Waals surface area contributed by atoms with E-state index in [9.17, 15) is 4.79 Å². The summed E-state index contributed by atoms with van der Waals surface area (Å²) in [6.07, 6.45) is 4.98. The SMILES string of the molecule is CC(=O)Nc1nnc(/C(C#N)=C\c2ccncc2)s1. The zero-order chi connectivity index (χ0) is 13.7. The van der Waals surface area contributed by atoms with Gasteiger partial charge >= 0.3 is 0 Å². The van der Waals surface area contributed by atoms with E-state index in [1.54, 1.807) is 30.6 Å². The van der Waals surface area contributed by atoms with E-state index in [4.69, 9.17) is 5.26 Å². The average Bonchev–Trinajstić information content (AvgIpc) is 2.84. The van der Waals surface area contributed by atoms with Gasteiger partial charge in [0.05, 0.1) is 5.57 Å². The Morgan fingerprint density at radius 1 is 1.42 bits per heavy atom. The van der Waals surface area contributed by atoms with Crippen molar-refractivity contribution in [1.82, 2.24) is 15.2 Å². The molecule has 94 valence electrons. The summed E-state index contributed by atoms with van der Waals surface area (Å²) in [6.45, 7) is 1.39. The maximum absolute atomic E-state index is 10.9. The van der Waals surface area contributed by atoms with Crippen molar-refractivity contribution in [2.24, 2.45) is 0 Å². The first-order chi connectivity index (χ1) is 9.19. The Labute approximate surface area is 113 Å². The Bertz CT molecular complexity index is 656. The predicted molar refractivity (Wildman–Crippen MR) is 71.9 cm³/mol. The fourth-order valence-electron chi connectivity index (χ4n) is 1.30. The van der Waals surface area contributed by atoms with E-state index in [0.29, 0.717) is 15.7 Å². The lowest BCUT2D eigenvalue weighted by Crippen LogP contribution is -2.04. The zero-order valence-electron chi connectivity index (χ0n) is 9.99. The molecule has 2 rings (SSSR count). The molecule has 1 N–H and O–H groups in total. The van der Waals surface area contributed by atoms with Gasteiger partial charge in [0.15, 0.2) is 5.01 Å². The van der Waals surface area contributed by atoms with Gasteiger partial charge in [-0.25, -0.2) is 0 Å².